The second-order valence-corrected chi connectivity index (χ2v) is 6.66. The summed E-state index contributed by atoms with van der Waals surface area (Å²) in [5.74, 6) is 1.24. The lowest BCUT2D eigenvalue weighted by Gasteiger charge is -2.47. The number of hydrogen-bond donors (Lipinski definition) is 0. The van der Waals surface area contributed by atoms with Crippen LogP contribution in [0.25, 0.3) is 0 Å². The molecule has 3 heteroatoms. The van der Waals surface area contributed by atoms with Gasteiger partial charge in [0.25, 0.3) is 0 Å². The van der Waals surface area contributed by atoms with Gasteiger partial charge in [-0.2, -0.15) is 0 Å². The van der Waals surface area contributed by atoms with E-state index in [2.05, 4.69) is 11.5 Å². The van der Waals surface area contributed by atoms with Crippen LogP contribution in [0.2, 0.25) is 0 Å². The quantitative estimate of drug-likeness (QED) is 0.774. The molecule has 2 fully saturated rings. The number of imidazole rings is 1. The predicted molar refractivity (Wildman–Crippen MR) is 74.4 cm³/mol. The fraction of sp³-hybridized carbons (Fsp3) is 0.812. The van der Waals surface area contributed by atoms with Crippen LogP contribution in [0.5, 0.6) is 0 Å². The van der Waals surface area contributed by atoms with E-state index in [-0.39, 0.29) is 5.60 Å². The summed E-state index contributed by atoms with van der Waals surface area (Å²) in [5.41, 5.74) is 3.17. The third-order valence-electron chi connectivity index (χ3n) is 5.44. The van der Waals surface area contributed by atoms with E-state index in [9.17, 15) is 0 Å². The molecule has 0 bridgehead atoms. The molecule has 0 aromatic carbocycles. The van der Waals surface area contributed by atoms with Crippen LogP contribution >= 0.6 is 0 Å². The Morgan fingerprint density at radius 3 is 2.84 bits per heavy atom. The summed E-state index contributed by atoms with van der Waals surface area (Å²) in [6, 6.07) is 0.642. The van der Waals surface area contributed by atoms with Gasteiger partial charge in [0.1, 0.15) is 5.82 Å². The third-order valence-corrected chi connectivity index (χ3v) is 5.44. The number of ether oxygens (including phenoxy) is 1. The van der Waals surface area contributed by atoms with E-state index in [1.54, 1.807) is 5.69 Å². The summed E-state index contributed by atoms with van der Waals surface area (Å²) in [4.78, 5) is 4.84. The number of fused-ring (bicyclic) bond motifs is 1. The Balaban J connectivity index is 1.66. The van der Waals surface area contributed by atoms with Crippen LogP contribution in [0, 0.1) is 6.92 Å². The Morgan fingerprint density at radius 2 is 2.05 bits per heavy atom. The van der Waals surface area contributed by atoms with Crippen LogP contribution in [0.3, 0.4) is 0 Å². The van der Waals surface area contributed by atoms with Gasteiger partial charge >= 0.3 is 0 Å². The Bertz CT molecular complexity index is 487. The monoisotopic (exact) mass is 260 g/mol. The van der Waals surface area contributed by atoms with Crippen molar-refractivity contribution < 1.29 is 4.74 Å². The summed E-state index contributed by atoms with van der Waals surface area (Å²) in [6.45, 7) is 3.14. The molecule has 1 unspecified atom stereocenters. The molecule has 1 saturated heterocycles. The van der Waals surface area contributed by atoms with E-state index in [4.69, 9.17) is 9.72 Å². The molecule has 1 aromatic heterocycles. The average Bonchev–Trinajstić information content (AvgIpc) is 2.73. The van der Waals surface area contributed by atoms with Crippen LogP contribution < -0.4 is 0 Å². The first-order chi connectivity index (χ1) is 9.27. The van der Waals surface area contributed by atoms with Crippen molar-refractivity contribution in [1.29, 1.82) is 0 Å². The van der Waals surface area contributed by atoms with Crippen molar-refractivity contribution in [3.63, 3.8) is 0 Å². The van der Waals surface area contributed by atoms with E-state index in [1.807, 2.05) is 0 Å². The van der Waals surface area contributed by atoms with Gasteiger partial charge in [0, 0.05) is 18.3 Å². The van der Waals surface area contributed by atoms with Gasteiger partial charge in [0.15, 0.2) is 0 Å². The van der Waals surface area contributed by atoms with Crippen molar-refractivity contribution in [3.05, 3.63) is 17.2 Å². The second kappa shape index (κ2) is 4.34. The minimum absolute atomic E-state index is 0.237. The Hall–Kier alpha value is -0.830. The van der Waals surface area contributed by atoms with Gasteiger partial charge in [-0.05, 0) is 64.7 Å². The van der Waals surface area contributed by atoms with Gasteiger partial charge in [0.05, 0.1) is 11.3 Å². The highest BCUT2D eigenvalue weighted by atomic mass is 16.5. The third kappa shape index (κ3) is 1.85. The molecular formula is C16H24N2O. The molecule has 1 aromatic rings. The number of nitrogens with zero attached hydrogens (tertiary/aromatic N) is 2. The highest BCUT2D eigenvalue weighted by Gasteiger charge is 2.43. The van der Waals surface area contributed by atoms with E-state index >= 15 is 0 Å². The molecule has 1 atom stereocenters. The topological polar surface area (TPSA) is 27.1 Å². The molecule has 3 aliphatic rings. The zero-order chi connectivity index (χ0) is 12.9. The largest absolute Gasteiger partial charge is 0.375 e. The first-order valence-electron chi connectivity index (χ1n) is 7.98. The maximum atomic E-state index is 6.08. The maximum Gasteiger partial charge on any atom is 0.106 e. The number of hydrogen-bond acceptors (Lipinski definition) is 2. The highest BCUT2D eigenvalue weighted by Crippen LogP contribution is 2.46. The SMILES string of the molecule is Cc1nc2c(n1C1CCOC3(CCC3)C1)CCCC2. The lowest BCUT2D eigenvalue weighted by Crippen LogP contribution is -2.46. The van der Waals surface area contributed by atoms with E-state index < -0.39 is 0 Å². The average molecular weight is 260 g/mol. The molecule has 1 saturated carbocycles. The molecule has 2 heterocycles. The molecule has 1 spiro atoms. The number of rotatable bonds is 1. The molecule has 1 aliphatic heterocycles. The number of aryl methyl sites for hydroxylation is 2. The Labute approximate surface area is 115 Å². The summed E-state index contributed by atoms with van der Waals surface area (Å²) < 4.78 is 8.66. The fourth-order valence-electron chi connectivity index (χ4n) is 4.32. The van der Waals surface area contributed by atoms with Gasteiger partial charge < -0.3 is 9.30 Å². The molecule has 3 nitrogen and oxygen atoms in total. The van der Waals surface area contributed by atoms with Gasteiger partial charge in [-0.25, -0.2) is 4.98 Å². The van der Waals surface area contributed by atoms with Gasteiger partial charge in [-0.15, -0.1) is 0 Å². The van der Waals surface area contributed by atoms with Crippen LogP contribution in [0.1, 0.15) is 68.2 Å². The summed E-state index contributed by atoms with van der Waals surface area (Å²) >= 11 is 0. The second-order valence-electron chi connectivity index (χ2n) is 6.66. The summed E-state index contributed by atoms with van der Waals surface area (Å²) in [6.07, 6.45) is 11.4. The molecule has 4 rings (SSSR count). The Kier molecular flexibility index (Phi) is 2.73. The minimum atomic E-state index is 0.237. The van der Waals surface area contributed by atoms with E-state index in [1.165, 1.54) is 69.3 Å². The molecule has 0 amide bonds. The van der Waals surface area contributed by atoms with Crippen LogP contribution in [0.4, 0.5) is 0 Å². The van der Waals surface area contributed by atoms with Crippen molar-refractivity contribution in [2.75, 3.05) is 6.61 Å². The molecule has 0 N–H and O–H groups in total. The van der Waals surface area contributed by atoms with Crippen LogP contribution in [-0.4, -0.2) is 21.8 Å². The first-order valence-corrected chi connectivity index (χ1v) is 7.98. The van der Waals surface area contributed by atoms with Crippen molar-refractivity contribution in [1.82, 2.24) is 9.55 Å². The maximum absolute atomic E-state index is 6.08. The fourth-order valence-corrected chi connectivity index (χ4v) is 4.32. The van der Waals surface area contributed by atoms with Crippen molar-refractivity contribution in [2.45, 2.75) is 76.4 Å². The van der Waals surface area contributed by atoms with E-state index in [0.717, 1.165) is 6.61 Å². The lowest BCUT2D eigenvalue weighted by molar-refractivity contribution is -0.140. The van der Waals surface area contributed by atoms with Crippen molar-refractivity contribution >= 4 is 0 Å². The summed E-state index contributed by atoms with van der Waals surface area (Å²) in [7, 11) is 0. The van der Waals surface area contributed by atoms with Gasteiger partial charge in [-0.1, -0.05) is 0 Å². The zero-order valence-electron chi connectivity index (χ0n) is 12.0. The van der Waals surface area contributed by atoms with Gasteiger partial charge in [0.2, 0.25) is 0 Å². The summed E-state index contributed by atoms with van der Waals surface area (Å²) in [5, 5.41) is 0. The zero-order valence-corrected chi connectivity index (χ0v) is 12.0. The lowest BCUT2D eigenvalue weighted by atomic mass is 9.73. The number of aromatic nitrogens is 2. The normalized spacial score (nSPS) is 29.0. The molecular weight excluding hydrogens is 236 g/mol. The molecule has 2 aliphatic carbocycles. The standard InChI is InChI=1S/C16H24N2O/c1-12-17-14-5-2-3-6-15(14)18(12)13-7-10-19-16(11-13)8-4-9-16/h13H,2-11H2,1H3. The Morgan fingerprint density at radius 1 is 1.21 bits per heavy atom. The minimum Gasteiger partial charge on any atom is -0.375 e. The molecule has 104 valence electrons. The van der Waals surface area contributed by atoms with Crippen molar-refractivity contribution in [3.8, 4) is 0 Å². The first kappa shape index (κ1) is 12.0. The van der Waals surface area contributed by atoms with Gasteiger partial charge in [-0.3, -0.25) is 0 Å². The van der Waals surface area contributed by atoms with Crippen LogP contribution in [-0.2, 0) is 17.6 Å². The smallest absolute Gasteiger partial charge is 0.106 e. The predicted octanol–water partition coefficient (Wildman–Crippen LogP) is 3.34. The molecule has 0 radical (unpaired) electrons. The highest BCUT2D eigenvalue weighted by molar-refractivity contribution is 5.21. The van der Waals surface area contributed by atoms with E-state index in [0.29, 0.717) is 6.04 Å². The van der Waals surface area contributed by atoms with Crippen LogP contribution in [0.15, 0.2) is 0 Å². The van der Waals surface area contributed by atoms with Crippen molar-refractivity contribution in [2.24, 2.45) is 0 Å². The molecule has 19 heavy (non-hydrogen) atoms.